The van der Waals surface area contributed by atoms with Gasteiger partial charge >= 0.3 is 0 Å². The van der Waals surface area contributed by atoms with Crippen molar-refractivity contribution in [3.05, 3.63) is 107 Å². The van der Waals surface area contributed by atoms with Crippen LogP contribution in [0.15, 0.2) is 85.0 Å². The van der Waals surface area contributed by atoms with Crippen LogP contribution in [0, 0.1) is 41.4 Å². The fourth-order valence-electron chi connectivity index (χ4n) is 10.6. The van der Waals surface area contributed by atoms with E-state index in [-0.39, 0.29) is 10.8 Å². The first-order valence-electron chi connectivity index (χ1n) is 18.1. The molecule has 2 aromatic rings. The van der Waals surface area contributed by atoms with Crippen LogP contribution >= 0.6 is 0 Å². The molecule has 6 rings (SSSR count). The van der Waals surface area contributed by atoms with E-state index in [1.807, 2.05) is 0 Å². The summed E-state index contributed by atoms with van der Waals surface area (Å²) in [6.45, 7) is 27.2. The van der Waals surface area contributed by atoms with Crippen LogP contribution in [0.2, 0.25) is 24.2 Å². The lowest BCUT2D eigenvalue weighted by molar-refractivity contribution is 0.372. The van der Waals surface area contributed by atoms with E-state index < -0.39 is 8.07 Å². The Bertz CT molecular complexity index is 1490. The second-order valence-corrected chi connectivity index (χ2v) is 23.2. The van der Waals surface area contributed by atoms with Crippen LogP contribution in [0.1, 0.15) is 97.4 Å². The molecule has 4 aliphatic rings. The van der Waals surface area contributed by atoms with Gasteiger partial charge in [0, 0.05) is 0 Å². The standard InChI is InChI=1S/C44H60Si/c1-28(2)38-27-40-35(31-20-24-33(25-21-31)44(7,8)9)15-13-17-37(40)42(38)45(10,11)41-29(3)26-39-34(14-12-16-36(39)41)30-18-22-32(23-19-30)43(4,5)6/h12-25,28-29,36-42H,26-27H2,1-11H3/t29?,36?,37?,38?,39-,40-,41?,42?/m1/s1. The predicted molar refractivity (Wildman–Crippen MR) is 200 cm³/mol. The summed E-state index contributed by atoms with van der Waals surface area (Å²) in [7, 11) is -1.73. The molecule has 4 aliphatic carbocycles. The van der Waals surface area contributed by atoms with E-state index >= 15 is 0 Å². The van der Waals surface area contributed by atoms with Crippen molar-refractivity contribution < 1.29 is 0 Å². The van der Waals surface area contributed by atoms with Gasteiger partial charge in [0.2, 0.25) is 0 Å². The van der Waals surface area contributed by atoms with E-state index in [1.165, 1.54) is 35.1 Å². The lowest BCUT2D eigenvalue weighted by Crippen LogP contribution is -2.46. The fraction of sp³-hybridized carbons (Fsp3) is 0.545. The molecule has 0 bridgehead atoms. The Balaban J connectivity index is 1.29. The molecule has 0 radical (unpaired) electrons. The molecule has 0 amide bonds. The number of hydrogen-bond donors (Lipinski definition) is 0. The maximum Gasteiger partial charge on any atom is 0.0553 e. The summed E-state index contributed by atoms with van der Waals surface area (Å²) < 4.78 is 0. The molecule has 0 aromatic heterocycles. The van der Waals surface area contributed by atoms with Crippen molar-refractivity contribution in [1.82, 2.24) is 0 Å². The van der Waals surface area contributed by atoms with E-state index in [2.05, 4.69) is 160 Å². The SMILES string of the molecule is CC(C)C1C[C@@H]2C(c3ccc(C(C)(C)C)cc3)=CC=CC2C1[Si](C)(C)C1C(C)C[C@@H]2C(c3ccc(C(C)(C)C)cc3)=CC=CC12. The van der Waals surface area contributed by atoms with Crippen molar-refractivity contribution in [2.45, 2.75) is 110 Å². The molecular formula is C44H60Si. The zero-order valence-corrected chi connectivity index (χ0v) is 31.2. The van der Waals surface area contributed by atoms with Crippen molar-refractivity contribution in [2.24, 2.45) is 41.4 Å². The number of hydrogen-bond acceptors (Lipinski definition) is 0. The zero-order valence-electron chi connectivity index (χ0n) is 30.2. The van der Waals surface area contributed by atoms with Gasteiger partial charge in [0.1, 0.15) is 0 Å². The van der Waals surface area contributed by atoms with Crippen molar-refractivity contribution in [1.29, 1.82) is 0 Å². The Labute approximate surface area is 277 Å². The summed E-state index contributed by atoms with van der Waals surface area (Å²) in [5.41, 5.74) is 10.9. The predicted octanol–water partition coefficient (Wildman–Crippen LogP) is 12.5. The number of rotatable bonds is 5. The second kappa shape index (κ2) is 11.7. The highest BCUT2D eigenvalue weighted by Gasteiger charge is 2.58. The minimum absolute atomic E-state index is 0.188. The molecule has 45 heavy (non-hydrogen) atoms. The Hall–Kier alpha value is -2.38. The first-order chi connectivity index (χ1) is 21.1. The van der Waals surface area contributed by atoms with Crippen LogP contribution < -0.4 is 0 Å². The number of benzene rings is 2. The van der Waals surface area contributed by atoms with E-state index in [0.29, 0.717) is 23.7 Å². The van der Waals surface area contributed by atoms with Crippen LogP contribution in [-0.4, -0.2) is 8.07 Å². The topological polar surface area (TPSA) is 0 Å². The molecule has 2 fully saturated rings. The third-order valence-electron chi connectivity index (χ3n) is 12.7. The summed E-state index contributed by atoms with van der Waals surface area (Å²) in [6.07, 6.45) is 17.7. The number of allylic oxidation sites excluding steroid dienone is 8. The van der Waals surface area contributed by atoms with E-state index in [4.69, 9.17) is 0 Å². The molecule has 2 saturated carbocycles. The minimum atomic E-state index is -1.73. The average molecular weight is 617 g/mol. The maximum absolute atomic E-state index is 2.81. The molecule has 0 spiro atoms. The van der Waals surface area contributed by atoms with Crippen molar-refractivity contribution >= 4 is 19.2 Å². The van der Waals surface area contributed by atoms with Crippen molar-refractivity contribution in [3.63, 3.8) is 0 Å². The summed E-state index contributed by atoms with van der Waals surface area (Å²) in [5.74, 6) is 4.91. The van der Waals surface area contributed by atoms with Gasteiger partial charge in [-0.05, 0) is 110 Å². The van der Waals surface area contributed by atoms with E-state index in [0.717, 1.165) is 28.8 Å². The molecule has 6 unspecified atom stereocenters. The third-order valence-corrected chi connectivity index (χ3v) is 17.9. The Morgan fingerprint density at radius 1 is 0.622 bits per heavy atom. The first kappa shape index (κ1) is 32.6. The highest BCUT2D eigenvalue weighted by molar-refractivity contribution is 6.80. The largest absolute Gasteiger partial charge is 0.0808 e. The summed E-state index contributed by atoms with van der Waals surface area (Å²) in [5, 5.41) is 0. The van der Waals surface area contributed by atoms with Gasteiger partial charge in [-0.25, -0.2) is 0 Å². The van der Waals surface area contributed by atoms with Crippen LogP contribution in [-0.2, 0) is 10.8 Å². The van der Waals surface area contributed by atoms with Crippen LogP contribution in [0.25, 0.3) is 11.1 Å². The van der Waals surface area contributed by atoms with Crippen molar-refractivity contribution in [2.75, 3.05) is 0 Å². The Kier molecular flexibility index (Phi) is 8.46. The molecule has 0 saturated heterocycles. The monoisotopic (exact) mass is 616 g/mol. The van der Waals surface area contributed by atoms with Gasteiger partial charge in [0.15, 0.2) is 0 Å². The smallest absolute Gasteiger partial charge is 0.0553 e. The molecule has 240 valence electrons. The molecule has 1 heteroatoms. The van der Waals surface area contributed by atoms with Crippen molar-refractivity contribution in [3.8, 4) is 0 Å². The van der Waals surface area contributed by atoms with Gasteiger partial charge in [0.25, 0.3) is 0 Å². The molecule has 0 N–H and O–H groups in total. The van der Waals surface area contributed by atoms with Crippen LogP contribution in [0.3, 0.4) is 0 Å². The normalized spacial score (nSPS) is 31.6. The van der Waals surface area contributed by atoms with Gasteiger partial charge in [-0.1, -0.05) is 160 Å². The molecule has 2 aromatic carbocycles. The van der Waals surface area contributed by atoms with Crippen LogP contribution in [0.4, 0.5) is 0 Å². The second-order valence-electron chi connectivity index (χ2n) is 18.3. The van der Waals surface area contributed by atoms with Gasteiger partial charge in [-0.2, -0.15) is 0 Å². The Morgan fingerprint density at radius 3 is 1.47 bits per heavy atom. The maximum atomic E-state index is 2.81. The zero-order chi connectivity index (χ0) is 32.5. The summed E-state index contributed by atoms with van der Waals surface area (Å²) in [6, 6.07) is 19.2. The van der Waals surface area contributed by atoms with E-state index in [9.17, 15) is 0 Å². The first-order valence-corrected chi connectivity index (χ1v) is 21.2. The molecule has 0 nitrogen and oxygen atoms in total. The quantitative estimate of drug-likeness (QED) is 0.293. The van der Waals surface area contributed by atoms with Gasteiger partial charge in [-0.3, -0.25) is 0 Å². The lowest BCUT2D eigenvalue weighted by atomic mass is 9.80. The average Bonchev–Trinajstić information content (AvgIpc) is 3.55. The summed E-state index contributed by atoms with van der Waals surface area (Å²) >= 11 is 0. The highest BCUT2D eigenvalue weighted by Crippen LogP contribution is 2.65. The fourth-order valence-corrected chi connectivity index (χ4v) is 16.9. The van der Waals surface area contributed by atoms with Gasteiger partial charge in [0.05, 0.1) is 8.07 Å². The van der Waals surface area contributed by atoms with Gasteiger partial charge in [-0.15, -0.1) is 0 Å². The van der Waals surface area contributed by atoms with Crippen LogP contribution in [0.5, 0.6) is 0 Å². The van der Waals surface area contributed by atoms with Gasteiger partial charge < -0.3 is 0 Å². The van der Waals surface area contributed by atoms with E-state index in [1.54, 1.807) is 11.1 Å². The minimum Gasteiger partial charge on any atom is -0.0808 e. The lowest BCUT2D eigenvalue weighted by Gasteiger charge is -2.47. The molecule has 0 aliphatic heterocycles. The Morgan fingerprint density at radius 2 is 1.04 bits per heavy atom. The highest BCUT2D eigenvalue weighted by atomic mass is 28.3. The molecular weight excluding hydrogens is 557 g/mol. The molecule has 8 atom stereocenters. The summed E-state index contributed by atoms with van der Waals surface area (Å²) in [4.78, 5) is 0. The number of fused-ring (bicyclic) bond motifs is 2. The third kappa shape index (κ3) is 5.86. The molecule has 0 heterocycles.